The molecule has 1 aromatic carbocycles. The van der Waals surface area contributed by atoms with Crippen LogP contribution in [0.1, 0.15) is 5.56 Å². The van der Waals surface area contributed by atoms with E-state index < -0.39 is 16.7 Å². The summed E-state index contributed by atoms with van der Waals surface area (Å²) in [6.45, 7) is -3.27. The van der Waals surface area contributed by atoms with Crippen molar-refractivity contribution in [1.29, 1.82) is 0 Å². The van der Waals surface area contributed by atoms with Crippen molar-refractivity contribution in [1.82, 2.24) is 0 Å². The molecule has 0 atom stereocenters. The second-order valence-corrected chi connectivity index (χ2v) is 6.02. The fraction of sp³-hybridized carbons (Fsp3) is 0.400. The second kappa shape index (κ2) is 6.69. The average molecular weight is 335 g/mol. The number of rotatable bonds is 6. The van der Waals surface area contributed by atoms with Gasteiger partial charge >= 0.3 is 6.61 Å². The highest BCUT2D eigenvalue weighted by Crippen LogP contribution is 2.33. The minimum Gasteiger partial charge on any atom is -0.433 e. The van der Waals surface area contributed by atoms with Gasteiger partial charge in [0.25, 0.3) is 10.1 Å². The van der Waals surface area contributed by atoms with Crippen molar-refractivity contribution in [3.8, 4) is 5.75 Å². The zero-order chi connectivity index (χ0) is 14.6. The summed E-state index contributed by atoms with van der Waals surface area (Å²) in [6, 6.07) is 2.61. The summed E-state index contributed by atoms with van der Waals surface area (Å²) in [5.41, 5.74) is 0.237. The molecule has 1 aromatic rings. The molecule has 1 rings (SSSR count). The summed E-state index contributed by atoms with van der Waals surface area (Å²) < 4.78 is 54.9. The van der Waals surface area contributed by atoms with Gasteiger partial charge in [0.2, 0.25) is 0 Å². The van der Waals surface area contributed by atoms with Crippen LogP contribution in [0.4, 0.5) is 8.78 Å². The van der Waals surface area contributed by atoms with Gasteiger partial charge in [0.05, 0.1) is 17.9 Å². The lowest BCUT2D eigenvalue weighted by Gasteiger charge is -2.13. The summed E-state index contributed by atoms with van der Waals surface area (Å²) in [6.07, 6.45) is 0.893. The van der Waals surface area contributed by atoms with E-state index in [4.69, 9.17) is 23.2 Å². The van der Waals surface area contributed by atoms with Crippen LogP contribution < -0.4 is 4.74 Å². The molecule has 0 radical (unpaired) electrons. The van der Waals surface area contributed by atoms with Crippen molar-refractivity contribution in [3.63, 3.8) is 0 Å². The van der Waals surface area contributed by atoms with E-state index in [9.17, 15) is 17.2 Å². The standard InChI is InChI=1S/C10H10Cl2F2O4S/c1-19(15,16)17-3-2-6-4-7(11)5-8(12)9(6)18-10(13)14/h4-5,10H,2-3H2,1H3. The summed E-state index contributed by atoms with van der Waals surface area (Å²) >= 11 is 11.5. The van der Waals surface area contributed by atoms with Gasteiger partial charge in [-0.2, -0.15) is 17.2 Å². The number of halogens is 4. The molecule has 0 saturated carbocycles. The first-order chi connectivity index (χ1) is 8.69. The Morgan fingerprint density at radius 1 is 1.32 bits per heavy atom. The Balaban J connectivity index is 2.91. The molecule has 0 fully saturated rings. The average Bonchev–Trinajstić information content (AvgIpc) is 2.20. The first-order valence-corrected chi connectivity index (χ1v) is 7.53. The predicted octanol–water partition coefficient (Wildman–Crippen LogP) is 3.11. The number of ether oxygens (including phenoxy) is 1. The van der Waals surface area contributed by atoms with Gasteiger partial charge in [-0.25, -0.2) is 0 Å². The molecule has 0 saturated heterocycles. The summed E-state index contributed by atoms with van der Waals surface area (Å²) in [5.74, 6) is -0.238. The molecular formula is C10H10Cl2F2O4S. The topological polar surface area (TPSA) is 52.6 Å². The Labute approximate surface area is 119 Å². The van der Waals surface area contributed by atoms with Gasteiger partial charge in [0.15, 0.2) is 0 Å². The lowest BCUT2D eigenvalue weighted by molar-refractivity contribution is -0.0504. The van der Waals surface area contributed by atoms with Crippen LogP contribution in [0.3, 0.4) is 0 Å². The molecular weight excluding hydrogens is 325 g/mol. The van der Waals surface area contributed by atoms with E-state index in [0.717, 1.165) is 6.26 Å². The van der Waals surface area contributed by atoms with Crippen LogP contribution in [0, 0.1) is 0 Å². The van der Waals surface area contributed by atoms with Crippen molar-refractivity contribution < 1.29 is 26.1 Å². The molecule has 9 heteroatoms. The first kappa shape index (κ1) is 16.4. The van der Waals surface area contributed by atoms with E-state index in [1.807, 2.05) is 0 Å². The molecule has 0 aromatic heterocycles. The van der Waals surface area contributed by atoms with Crippen molar-refractivity contribution >= 4 is 33.3 Å². The highest BCUT2D eigenvalue weighted by Gasteiger charge is 2.15. The lowest BCUT2D eigenvalue weighted by Crippen LogP contribution is -2.09. The van der Waals surface area contributed by atoms with Crippen molar-refractivity contribution in [2.45, 2.75) is 13.0 Å². The smallest absolute Gasteiger partial charge is 0.387 e. The lowest BCUT2D eigenvalue weighted by atomic mass is 10.1. The van der Waals surface area contributed by atoms with Gasteiger partial charge in [0, 0.05) is 11.4 Å². The molecule has 4 nitrogen and oxygen atoms in total. The molecule has 0 bridgehead atoms. The van der Waals surface area contributed by atoms with Gasteiger partial charge in [0.1, 0.15) is 5.75 Å². The molecule has 0 heterocycles. The molecule has 0 aliphatic carbocycles. The maximum absolute atomic E-state index is 12.3. The largest absolute Gasteiger partial charge is 0.433 e. The Bertz CT molecular complexity index is 549. The predicted molar refractivity (Wildman–Crippen MR) is 67.6 cm³/mol. The van der Waals surface area contributed by atoms with Crippen LogP contribution >= 0.6 is 23.2 Å². The highest BCUT2D eigenvalue weighted by molar-refractivity contribution is 7.85. The number of hydrogen-bond acceptors (Lipinski definition) is 4. The van der Waals surface area contributed by atoms with Gasteiger partial charge in [-0.1, -0.05) is 23.2 Å². The third-order valence-corrected chi connectivity index (χ3v) is 3.05. The zero-order valence-corrected chi connectivity index (χ0v) is 12.0. The van der Waals surface area contributed by atoms with Gasteiger partial charge < -0.3 is 4.74 Å². The Morgan fingerprint density at radius 3 is 2.47 bits per heavy atom. The molecule has 19 heavy (non-hydrogen) atoms. The molecule has 0 aliphatic heterocycles. The van der Waals surface area contributed by atoms with E-state index in [-0.39, 0.29) is 34.4 Å². The Hall–Kier alpha value is -0.630. The summed E-state index contributed by atoms with van der Waals surface area (Å²) in [4.78, 5) is 0. The Kier molecular flexibility index (Phi) is 5.79. The minimum absolute atomic E-state index is 0.00933. The van der Waals surface area contributed by atoms with Crippen LogP contribution in [0.2, 0.25) is 10.0 Å². The van der Waals surface area contributed by atoms with Gasteiger partial charge in [-0.05, 0) is 17.7 Å². The molecule has 0 N–H and O–H groups in total. The molecule has 108 valence electrons. The first-order valence-electron chi connectivity index (χ1n) is 4.96. The van der Waals surface area contributed by atoms with E-state index in [1.165, 1.54) is 12.1 Å². The van der Waals surface area contributed by atoms with Crippen molar-refractivity contribution in [2.75, 3.05) is 12.9 Å². The Morgan fingerprint density at radius 2 is 1.95 bits per heavy atom. The highest BCUT2D eigenvalue weighted by atomic mass is 35.5. The van der Waals surface area contributed by atoms with Crippen LogP contribution in [0.25, 0.3) is 0 Å². The summed E-state index contributed by atoms with van der Waals surface area (Å²) in [5, 5.41) is 0.142. The van der Waals surface area contributed by atoms with Gasteiger partial charge in [-0.3, -0.25) is 4.18 Å². The van der Waals surface area contributed by atoms with Crippen LogP contribution in [0.5, 0.6) is 5.75 Å². The third kappa shape index (κ3) is 5.90. The fourth-order valence-electron chi connectivity index (χ4n) is 1.32. The quantitative estimate of drug-likeness (QED) is 0.750. The SMILES string of the molecule is CS(=O)(=O)OCCc1cc(Cl)cc(Cl)c1OC(F)F. The summed E-state index contributed by atoms with van der Waals surface area (Å²) in [7, 11) is -3.61. The maximum Gasteiger partial charge on any atom is 0.387 e. The number of benzene rings is 1. The van der Waals surface area contributed by atoms with E-state index in [2.05, 4.69) is 8.92 Å². The zero-order valence-electron chi connectivity index (χ0n) is 9.70. The minimum atomic E-state index is -3.61. The van der Waals surface area contributed by atoms with Crippen LogP contribution in [0.15, 0.2) is 12.1 Å². The van der Waals surface area contributed by atoms with E-state index >= 15 is 0 Å². The van der Waals surface area contributed by atoms with Crippen LogP contribution in [-0.2, 0) is 20.7 Å². The number of alkyl halides is 2. The number of hydrogen-bond donors (Lipinski definition) is 0. The normalized spacial score (nSPS) is 11.9. The maximum atomic E-state index is 12.3. The molecule has 0 spiro atoms. The third-order valence-electron chi connectivity index (χ3n) is 1.96. The fourth-order valence-corrected chi connectivity index (χ4v) is 2.29. The van der Waals surface area contributed by atoms with E-state index in [0.29, 0.717) is 0 Å². The van der Waals surface area contributed by atoms with Crippen LogP contribution in [-0.4, -0.2) is 27.9 Å². The molecule has 0 unspecified atom stereocenters. The monoisotopic (exact) mass is 334 g/mol. The second-order valence-electron chi connectivity index (χ2n) is 3.53. The molecule has 0 amide bonds. The van der Waals surface area contributed by atoms with E-state index in [1.54, 1.807) is 0 Å². The van der Waals surface area contributed by atoms with Gasteiger partial charge in [-0.15, -0.1) is 0 Å². The van der Waals surface area contributed by atoms with Crippen molar-refractivity contribution in [2.24, 2.45) is 0 Å². The molecule has 0 aliphatic rings. The van der Waals surface area contributed by atoms with Crippen molar-refractivity contribution in [3.05, 3.63) is 27.7 Å².